The summed E-state index contributed by atoms with van der Waals surface area (Å²) in [5.41, 5.74) is 2.48. The minimum Gasteiger partial charge on any atom is -0.378 e. The Kier molecular flexibility index (Phi) is 6.44. The number of nitrogens with zero attached hydrogens (tertiary/aromatic N) is 7. The number of aryl methyl sites for hydroxylation is 2. The van der Waals surface area contributed by atoms with Gasteiger partial charge in [0.25, 0.3) is 5.69 Å². The summed E-state index contributed by atoms with van der Waals surface area (Å²) in [6, 6.07) is 8.94. The Bertz CT molecular complexity index is 1660. The quantitative estimate of drug-likeness (QED) is 0.225. The van der Waals surface area contributed by atoms with Gasteiger partial charge >= 0.3 is 0 Å². The number of rotatable bonds is 8. The molecule has 0 saturated carbocycles. The molecule has 1 saturated heterocycles. The van der Waals surface area contributed by atoms with Crippen LogP contribution in [0.15, 0.2) is 42.7 Å². The number of fused-ring (bicyclic) bond motifs is 2. The largest absolute Gasteiger partial charge is 0.378 e. The maximum absolute atomic E-state index is 14.1. The predicted molar refractivity (Wildman–Crippen MR) is 138 cm³/mol. The molecule has 6 rings (SSSR count). The molecule has 4 heterocycles. The zero-order valence-corrected chi connectivity index (χ0v) is 20.6. The number of halogens is 2. The predicted octanol–water partition coefficient (Wildman–Crippen LogP) is 3.58. The van der Waals surface area contributed by atoms with E-state index < -0.39 is 16.6 Å². The molecule has 0 atom stereocenters. The van der Waals surface area contributed by atoms with Crippen molar-refractivity contribution < 1.29 is 18.4 Å². The lowest BCUT2D eigenvalue weighted by atomic mass is 10.1. The maximum atomic E-state index is 14.1. The molecule has 2 N–H and O–H groups in total. The first kappa shape index (κ1) is 24.6. The van der Waals surface area contributed by atoms with Crippen LogP contribution in [-0.4, -0.2) is 60.7 Å². The Morgan fingerprint density at radius 1 is 1.05 bits per heavy atom. The Labute approximate surface area is 219 Å². The zero-order chi connectivity index (χ0) is 26.9. The highest BCUT2D eigenvalue weighted by Gasteiger charge is 2.20. The number of morpholine rings is 1. The number of aromatic amines is 1. The molecule has 200 valence electrons. The topological polar surface area (TPSA) is 140 Å². The summed E-state index contributed by atoms with van der Waals surface area (Å²) in [5, 5.41) is 14.2. The van der Waals surface area contributed by atoms with Gasteiger partial charge < -0.3 is 24.5 Å². The van der Waals surface area contributed by atoms with Crippen LogP contribution in [0.4, 0.5) is 26.2 Å². The van der Waals surface area contributed by atoms with Gasteiger partial charge in [0.15, 0.2) is 28.6 Å². The number of hydrogen-bond donors (Lipinski definition) is 2. The number of non-ortho nitro benzene ring substituents is 1. The van der Waals surface area contributed by atoms with E-state index in [4.69, 9.17) is 14.7 Å². The number of benzene rings is 2. The highest BCUT2D eigenvalue weighted by atomic mass is 19.2. The highest BCUT2D eigenvalue weighted by Crippen LogP contribution is 2.25. The standard InChI is InChI=1S/C25H23F2N9O3/c26-17-5-6-18-21(20(17)27)31-19(30-18)13-28-23-22-24(33-25(32-23)34-9-11-39-12-10-34)35(14-29-22)8-7-15-1-3-16(4-2-15)36(37)38/h1-6,14H,7-13H2,(H,30,31)(H,28,32,33). The Morgan fingerprint density at radius 3 is 2.62 bits per heavy atom. The number of hydrogen-bond acceptors (Lipinski definition) is 9. The fraction of sp³-hybridized carbons (Fsp3) is 0.280. The van der Waals surface area contributed by atoms with E-state index in [0.717, 1.165) is 11.6 Å². The number of nitro groups is 1. The average Bonchev–Trinajstić information content (AvgIpc) is 3.58. The Balaban J connectivity index is 1.28. The minimum absolute atomic E-state index is 0.0442. The average molecular weight is 536 g/mol. The Morgan fingerprint density at radius 2 is 1.85 bits per heavy atom. The molecule has 2 aromatic carbocycles. The van der Waals surface area contributed by atoms with Crippen molar-refractivity contribution in [2.45, 2.75) is 19.5 Å². The third-order valence-corrected chi connectivity index (χ3v) is 6.55. The van der Waals surface area contributed by atoms with Crippen molar-refractivity contribution in [1.82, 2.24) is 29.5 Å². The summed E-state index contributed by atoms with van der Waals surface area (Å²) in [6.45, 7) is 3.10. The molecule has 1 aliphatic rings. The number of imidazole rings is 2. The third kappa shape index (κ3) is 4.93. The van der Waals surface area contributed by atoms with Crippen molar-refractivity contribution >= 4 is 39.7 Å². The van der Waals surface area contributed by atoms with E-state index in [0.29, 0.717) is 73.5 Å². The van der Waals surface area contributed by atoms with Gasteiger partial charge in [-0.05, 0) is 24.1 Å². The smallest absolute Gasteiger partial charge is 0.269 e. The molecule has 0 aliphatic carbocycles. The fourth-order valence-corrected chi connectivity index (χ4v) is 4.48. The lowest BCUT2D eigenvalue weighted by molar-refractivity contribution is -0.384. The second-order valence-electron chi connectivity index (χ2n) is 9.05. The van der Waals surface area contributed by atoms with Gasteiger partial charge in [-0.15, -0.1) is 0 Å². The van der Waals surface area contributed by atoms with E-state index in [2.05, 4.69) is 20.3 Å². The van der Waals surface area contributed by atoms with Gasteiger partial charge in [-0.3, -0.25) is 10.1 Å². The van der Waals surface area contributed by atoms with E-state index in [1.807, 2.05) is 9.47 Å². The van der Waals surface area contributed by atoms with Gasteiger partial charge in [-0.25, -0.2) is 18.7 Å². The van der Waals surface area contributed by atoms with Crippen LogP contribution in [0.25, 0.3) is 22.2 Å². The Hall–Kier alpha value is -4.72. The number of ether oxygens (including phenoxy) is 1. The van der Waals surface area contributed by atoms with E-state index in [1.165, 1.54) is 18.2 Å². The normalized spacial score (nSPS) is 13.8. The lowest BCUT2D eigenvalue weighted by Gasteiger charge is -2.27. The van der Waals surface area contributed by atoms with E-state index in [1.54, 1.807) is 18.5 Å². The second-order valence-corrected chi connectivity index (χ2v) is 9.05. The molecule has 0 bridgehead atoms. The highest BCUT2D eigenvalue weighted by molar-refractivity contribution is 5.84. The number of nitrogens with one attached hydrogen (secondary N) is 2. The van der Waals surface area contributed by atoms with Crippen LogP contribution in [0.5, 0.6) is 0 Å². The summed E-state index contributed by atoms with van der Waals surface area (Å²) < 4.78 is 35.1. The molecule has 12 nitrogen and oxygen atoms in total. The van der Waals surface area contributed by atoms with Crippen LogP contribution in [0.1, 0.15) is 11.4 Å². The summed E-state index contributed by atoms with van der Waals surface area (Å²) >= 11 is 0. The number of aromatic nitrogens is 6. The van der Waals surface area contributed by atoms with Crippen molar-refractivity contribution in [1.29, 1.82) is 0 Å². The van der Waals surface area contributed by atoms with E-state index >= 15 is 0 Å². The SMILES string of the molecule is O=[N+]([O-])c1ccc(CCn2cnc3c(NCc4nc5c(F)c(F)ccc5[nH]4)nc(N4CCOCC4)nc32)cc1. The molecule has 1 aliphatic heterocycles. The molecule has 0 amide bonds. The van der Waals surface area contributed by atoms with Crippen LogP contribution in [0.2, 0.25) is 0 Å². The summed E-state index contributed by atoms with van der Waals surface area (Å²) in [4.78, 5) is 33.8. The molecule has 0 spiro atoms. The van der Waals surface area contributed by atoms with Gasteiger partial charge in [0.1, 0.15) is 11.3 Å². The maximum Gasteiger partial charge on any atom is 0.269 e. The van der Waals surface area contributed by atoms with Gasteiger partial charge in [0.05, 0.1) is 36.5 Å². The minimum atomic E-state index is -0.999. The molecule has 3 aromatic heterocycles. The summed E-state index contributed by atoms with van der Waals surface area (Å²) in [5.74, 6) is -0.557. The van der Waals surface area contributed by atoms with Crippen LogP contribution in [0, 0.1) is 21.7 Å². The molecular formula is C25H23F2N9O3. The number of nitro benzene ring substituents is 1. The summed E-state index contributed by atoms with van der Waals surface area (Å²) in [7, 11) is 0. The van der Waals surface area contributed by atoms with Gasteiger partial charge in [-0.1, -0.05) is 12.1 Å². The van der Waals surface area contributed by atoms with Gasteiger partial charge in [0.2, 0.25) is 5.95 Å². The first-order valence-corrected chi connectivity index (χ1v) is 12.3. The second kappa shape index (κ2) is 10.2. The summed E-state index contributed by atoms with van der Waals surface area (Å²) in [6.07, 6.45) is 2.29. The monoisotopic (exact) mass is 535 g/mol. The number of anilines is 2. The molecule has 0 unspecified atom stereocenters. The van der Waals surface area contributed by atoms with Crippen molar-refractivity contribution in [2.75, 3.05) is 36.5 Å². The van der Waals surface area contributed by atoms with Crippen molar-refractivity contribution in [3.8, 4) is 0 Å². The first-order valence-electron chi connectivity index (χ1n) is 12.3. The van der Waals surface area contributed by atoms with E-state index in [9.17, 15) is 18.9 Å². The molecule has 39 heavy (non-hydrogen) atoms. The van der Waals surface area contributed by atoms with Gasteiger partial charge in [0, 0.05) is 31.8 Å². The van der Waals surface area contributed by atoms with Crippen LogP contribution >= 0.6 is 0 Å². The fourth-order valence-electron chi connectivity index (χ4n) is 4.48. The molecule has 0 radical (unpaired) electrons. The number of H-pyrrole nitrogens is 1. The van der Waals surface area contributed by atoms with Crippen molar-refractivity contribution in [3.63, 3.8) is 0 Å². The van der Waals surface area contributed by atoms with E-state index in [-0.39, 0.29) is 17.7 Å². The van der Waals surface area contributed by atoms with Gasteiger partial charge in [-0.2, -0.15) is 9.97 Å². The van der Waals surface area contributed by atoms with Crippen LogP contribution in [-0.2, 0) is 24.2 Å². The zero-order valence-electron chi connectivity index (χ0n) is 20.6. The lowest BCUT2D eigenvalue weighted by Crippen LogP contribution is -2.37. The molecular weight excluding hydrogens is 512 g/mol. The molecule has 5 aromatic rings. The molecule has 14 heteroatoms. The van der Waals surface area contributed by atoms with Crippen LogP contribution < -0.4 is 10.2 Å². The first-order chi connectivity index (χ1) is 19.0. The van der Waals surface area contributed by atoms with Crippen molar-refractivity contribution in [2.24, 2.45) is 0 Å². The van der Waals surface area contributed by atoms with Crippen LogP contribution in [0.3, 0.4) is 0 Å². The molecule has 1 fully saturated rings. The third-order valence-electron chi connectivity index (χ3n) is 6.55. The van der Waals surface area contributed by atoms with Crippen molar-refractivity contribution in [3.05, 3.63) is 75.9 Å².